The van der Waals surface area contributed by atoms with Gasteiger partial charge in [0.05, 0.1) is 6.07 Å². The number of benzene rings is 1. The Bertz CT molecular complexity index is 604. The van der Waals surface area contributed by atoms with Crippen LogP contribution in [0.15, 0.2) is 41.8 Å². The monoisotopic (exact) mass is 301 g/mol. The molecule has 1 atom stereocenters. The van der Waals surface area contributed by atoms with Gasteiger partial charge in [-0.1, -0.05) is 49.0 Å². The Morgan fingerprint density at radius 1 is 1.38 bits per heavy atom. The fraction of sp³-hybridized carbons (Fsp3) is 0.400. The SMILES string of the molecule is CCCNC(C#N)(CSc1ncnn1C)c1ccccc1. The molecule has 21 heavy (non-hydrogen) atoms. The average molecular weight is 301 g/mol. The molecule has 0 aliphatic heterocycles. The van der Waals surface area contributed by atoms with Crippen molar-refractivity contribution >= 4 is 11.8 Å². The number of thioether (sulfide) groups is 1. The lowest BCUT2D eigenvalue weighted by molar-refractivity contribution is 0.473. The molecule has 0 radical (unpaired) electrons. The number of nitriles is 1. The predicted molar refractivity (Wildman–Crippen MR) is 83.8 cm³/mol. The molecule has 0 aliphatic carbocycles. The molecule has 0 saturated carbocycles. The van der Waals surface area contributed by atoms with Gasteiger partial charge in [0.1, 0.15) is 11.9 Å². The fourth-order valence-electron chi connectivity index (χ4n) is 2.02. The van der Waals surface area contributed by atoms with E-state index in [0.717, 1.165) is 23.7 Å². The van der Waals surface area contributed by atoms with Crippen LogP contribution >= 0.6 is 11.8 Å². The van der Waals surface area contributed by atoms with E-state index >= 15 is 0 Å². The molecule has 0 bridgehead atoms. The zero-order chi connectivity index (χ0) is 15.1. The van der Waals surface area contributed by atoms with Crippen molar-refractivity contribution in [2.24, 2.45) is 7.05 Å². The van der Waals surface area contributed by atoms with Gasteiger partial charge in [-0.15, -0.1) is 0 Å². The molecule has 6 heteroatoms. The first-order valence-electron chi connectivity index (χ1n) is 6.90. The van der Waals surface area contributed by atoms with E-state index < -0.39 is 5.54 Å². The van der Waals surface area contributed by atoms with E-state index in [4.69, 9.17) is 0 Å². The molecule has 1 aromatic heterocycles. The first-order valence-corrected chi connectivity index (χ1v) is 7.89. The average Bonchev–Trinajstić information content (AvgIpc) is 2.94. The lowest BCUT2D eigenvalue weighted by Crippen LogP contribution is -2.44. The quantitative estimate of drug-likeness (QED) is 0.795. The van der Waals surface area contributed by atoms with Crippen LogP contribution in [0.4, 0.5) is 0 Å². The number of nitrogens with one attached hydrogen (secondary N) is 1. The first kappa shape index (κ1) is 15.5. The molecule has 0 saturated heterocycles. The summed E-state index contributed by atoms with van der Waals surface area (Å²) in [5.41, 5.74) is 0.268. The highest BCUT2D eigenvalue weighted by molar-refractivity contribution is 7.99. The second-order valence-corrected chi connectivity index (χ2v) is 5.71. The standard InChI is InChI=1S/C15H19N5S/c1-3-9-18-15(10-16,13-7-5-4-6-8-13)11-21-14-17-12-19-20(14)2/h4-8,12,18H,3,9,11H2,1-2H3. The van der Waals surface area contributed by atoms with E-state index in [0.29, 0.717) is 5.75 Å². The second kappa shape index (κ2) is 7.25. The van der Waals surface area contributed by atoms with Crippen LogP contribution in [0.2, 0.25) is 0 Å². The Kier molecular flexibility index (Phi) is 5.37. The summed E-state index contributed by atoms with van der Waals surface area (Å²) in [6.07, 6.45) is 2.50. The molecule has 0 fully saturated rings. The maximum atomic E-state index is 9.79. The third-order valence-corrected chi connectivity index (χ3v) is 4.43. The molecule has 0 aliphatic rings. The zero-order valence-electron chi connectivity index (χ0n) is 12.3. The van der Waals surface area contributed by atoms with Gasteiger partial charge in [0.15, 0.2) is 5.16 Å². The first-order chi connectivity index (χ1) is 10.2. The minimum atomic E-state index is -0.714. The van der Waals surface area contributed by atoms with Gasteiger partial charge < -0.3 is 0 Å². The molecule has 5 nitrogen and oxygen atoms in total. The zero-order valence-corrected chi connectivity index (χ0v) is 13.1. The molecule has 0 spiro atoms. The smallest absolute Gasteiger partial charge is 0.185 e. The van der Waals surface area contributed by atoms with Crippen LogP contribution < -0.4 is 5.32 Å². The van der Waals surface area contributed by atoms with E-state index in [2.05, 4.69) is 28.4 Å². The highest BCUT2D eigenvalue weighted by Crippen LogP contribution is 2.28. The summed E-state index contributed by atoms with van der Waals surface area (Å²) in [6, 6.07) is 12.3. The lowest BCUT2D eigenvalue weighted by Gasteiger charge is -2.28. The van der Waals surface area contributed by atoms with E-state index in [9.17, 15) is 5.26 Å². The van der Waals surface area contributed by atoms with Crippen molar-refractivity contribution in [3.05, 3.63) is 42.2 Å². The van der Waals surface area contributed by atoms with Crippen molar-refractivity contribution in [1.82, 2.24) is 20.1 Å². The second-order valence-electron chi connectivity index (χ2n) is 4.76. The Morgan fingerprint density at radius 2 is 2.14 bits per heavy atom. The largest absolute Gasteiger partial charge is 0.295 e. The molecule has 110 valence electrons. The summed E-state index contributed by atoms with van der Waals surface area (Å²) >= 11 is 1.53. The van der Waals surface area contributed by atoms with Crippen molar-refractivity contribution in [3.63, 3.8) is 0 Å². The molecule has 1 aromatic carbocycles. The molecular weight excluding hydrogens is 282 g/mol. The van der Waals surface area contributed by atoms with Gasteiger partial charge in [-0.05, 0) is 18.5 Å². The summed E-state index contributed by atoms with van der Waals surface area (Å²) in [5, 5.41) is 18.0. The topological polar surface area (TPSA) is 66.5 Å². The molecular formula is C15H19N5S. The lowest BCUT2D eigenvalue weighted by atomic mass is 9.93. The Labute approximate surface area is 129 Å². The van der Waals surface area contributed by atoms with Crippen LogP contribution in [0.25, 0.3) is 0 Å². The minimum absolute atomic E-state index is 0.583. The Morgan fingerprint density at radius 3 is 2.71 bits per heavy atom. The van der Waals surface area contributed by atoms with Crippen LogP contribution in [0.3, 0.4) is 0 Å². The van der Waals surface area contributed by atoms with Crippen molar-refractivity contribution in [3.8, 4) is 6.07 Å². The fourth-order valence-corrected chi connectivity index (χ4v) is 3.06. The third kappa shape index (κ3) is 3.63. The normalized spacial score (nSPS) is 13.6. The van der Waals surface area contributed by atoms with Gasteiger partial charge in [-0.25, -0.2) is 9.67 Å². The Balaban J connectivity index is 2.23. The molecule has 2 rings (SSSR count). The molecule has 1 unspecified atom stereocenters. The maximum Gasteiger partial charge on any atom is 0.185 e. The number of hydrogen-bond donors (Lipinski definition) is 1. The van der Waals surface area contributed by atoms with Gasteiger partial charge in [-0.2, -0.15) is 10.4 Å². The third-order valence-electron chi connectivity index (χ3n) is 3.22. The van der Waals surface area contributed by atoms with Gasteiger partial charge >= 0.3 is 0 Å². The van der Waals surface area contributed by atoms with Crippen molar-refractivity contribution in [1.29, 1.82) is 5.26 Å². The maximum absolute atomic E-state index is 9.79. The highest BCUT2D eigenvalue weighted by atomic mass is 32.2. The molecule has 2 aromatic rings. The predicted octanol–water partition coefficient (Wildman–Crippen LogP) is 2.33. The van der Waals surface area contributed by atoms with Crippen molar-refractivity contribution in [2.75, 3.05) is 12.3 Å². The highest BCUT2D eigenvalue weighted by Gasteiger charge is 2.32. The molecule has 0 amide bonds. The number of rotatable bonds is 7. The van der Waals surface area contributed by atoms with Crippen LogP contribution in [-0.2, 0) is 12.6 Å². The molecule has 1 heterocycles. The summed E-state index contributed by atoms with van der Waals surface area (Å²) in [7, 11) is 1.85. The van der Waals surface area contributed by atoms with Gasteiger partial charge in [0.2, 0.25) is 0 Å². The van der Waals surface area contributed by atoms with E-state index in [1.807, 2.05) is 37.4 Å². The van der Waals surface area contributed by atoms with Crippen LogP contribution in [0.1, 0.15) is 18.9 Å². The van der Waals surface area contributed by atoms with Crippen molar-refractivity contribution < 1.29 is 0 Å². The van der Waals surface area contributed by atoms with E-state index in [-0.39, 0.29) is 0 Å². The number of aromatic nitrogens is 3. The van der Waals surface area contributed by atoms with Crippen molar-refractivity contribution in [2.45, 2.75) is 24.0 Å². The summed E-state index contributed by atoms with van der Waals surface area (Å²) in [4.78, 5) is 4.20. The number of nitrogens with zero attached hydrogens (tertiary/aromatic N) is 4. The number of hydrogen-bond acceptors (Lipinski definition) is 5. The number of aryl methyl sites for hydroxylation is 1. The van der Waals surface area contributed by atoms with Gasteiger partial charge in [-0.3, -0.25) is 5.32 Å². The van der Waals surface area contributed by atoms with Crippen LogP contribution in [0, 0.1) is 11.3 Å². The van der Waals surface area contributed by atoms with Gasteiger partial charge in [0.25, 0.3) is 0 Å². The summed E-state index contributed by atoms with van der Waals surface area (Å²) in [5.74, 6) is 0.583. The minimum Gasteiger partial charge on any atom is -0.295 e. The molecule has 1 N–H and O–H groups in total. The van der Waals surface area contributed by atoms with Crippen LogP contribution in [-0.4, -0.2) is 27.1 Å². The summed E-state index contributed by atoms with van der Waals surface area (Å²) < 4.78 is 1.72. The Hall–Kier alpha value is -1.84. The van der Waals surface area contributed by atoms with Crippen LogP contribution in [0.5, 0.6) is 0 Å². The van der Waals surface area contributed by atoms with Gasteiger partial charge in [0, 0.05) is 12.8 Å². The van der Waals surface area contributed by atoms with E-state index in [1.165, 1.54) is 18.1 Å². The summed E-state index contributed by atoms with van der Waals surface area (Å²) in [6.45, 7) is 2.89. The van der Waals surface area contributed by atoms with E-state index in [1.54, 1.807) is 4.68 Å².